The van der Waals surface area contributed by atoms with Crippen LogP contribution in [0.1, 0.15) is 26.7 Å². The fraction of sp³-hybridized carbons (Fsp3) is 0.917. The maximum atomic E-state index is 4.37. The van der Waals surface area contributed by atoms with Gasteiger partial charge in [-0.2, -0.15) is 11.8 Å². The molecule has 1 heterocycles. The Hall–Kier alpha value is 0.350. The zero-order chi connectivity index (χ0) is 12.0. The molecule has 1 aliphatic heterocycles. The zero-order valence-electron chi connectivity index (χ0n) is 11.4. The molecule has 0 aliphatic carbocycles. The molecule has 102 valence electrons. The van der Waals surface area contributed by atoms with Crippen LogP contribution in [0.5, 0.6) is 0 Å². The molecule has 0 bridgehead atoms. The van der Waals surface area contributed by atoms with E-state index in [0.717, 1.165) is 31.5 Å². The molecule has 1 N–H and O–H groups in total. The second-order valence-electron chi connectivity index (χ2n) is 4.64. The summed E-state index contributed by atoms with van der Waals surface area (Å²) in [6, 6.07) is 0. The van der Waals surface area contributed by atoms with Gasteiger partial charge >= 0.3 is 0 Å². The largest absolute Gasteiger partial charge is 0.355 e. The van der Waals surface area contributed by atoms with Crippen LogP contribution < -0.4 is 5.32 Å². The van der Waals surface area contributed by atoms with Gasteiger partial charge in [0.2, 0.25) is 0 Å². The van der Waals surface area contributed by atoms with E-state index >= 15 is 0 Å². The molecule has 5 heteroatoms. The smallest absolute Gasteiger partial charge is 0.193 e. The average Bonchev–Trinajstić information content (AvgIpc) is 2.31. The molecule has 1 rings (SSSR count). The summed E-state index contributed by atoms with van der Waals surface area (Å²) in [7, 11) is 1.88. The van der Waals surface area contributed by atoms with Crippen LogP contribution in [0.3, 0.4) is 0 Å². The number of nitrogens with zero attached hydrogens (tertiary/aromatic N) is 2. The average molecular weight is 371 g/mol. The molecule has 0 amide bonds. The molecule has 1 saturated heterocycles. The summed E-state index contributed by atoms with van der Waals surface area (Å²) in [5, 5.41) is 4.10. The SMILES string of the molecule is CN=C(NCC(C)SC)N1CCC(C)CC1.I. The first kappa shape index (κ1) is 17.4. The minimum atomic E-state index is 0. The summed E-state index contributed by atoms with van der Waals surface area (Å²) in [5.74, 6) is 1.95. The standard InChI is InChI=1S/C12H25N3S.HI/c1-10-5-7-15(8-6-10)12(13-3)14-9-11(2)16-4;/h10-11H,5-9H2,1-4H3,(H,13,14);1H. The Morgan fingerprint density at radius 2 is 2.06 bits per heavy atom. The number of guanidine groups is 1. The Morgan fingerprint density at radius 1 is 1.47 bits per heavy atom. The second-order valence-corrected chi connectivity index (χ2v) is 5.92. The van der Waals surface area contributed by atoms with E-state index in [2.05, 4.69) is 35.3 Å². The van der Waals surface area contributed by atoms with Crippen LogP contribution in [0, 0.1) is 5.92 Å². The number of piperidine rings is 1. The third kappa shape index (κ3) is 6.18. The first-order chi connectivity index (χ1) is 7.67. The van der Waals surface area contributed by atoms with Crippen molar-refractivity contribution in [1.82, 2.24) is 10.2 Å². The van der Waals surface area contributed by atoms with Gasteiger partial charge in [0, 0.05) is 31.9 Å². The van der Waals surface area contributed by atoms with Gasteiger partial charge in [-0.25, -0.2) is 0 Å². The van der Waals surface area contributed by atoms with E-state index in [4.69, 9.17) is 0 Å². The monoisotopic (exact) mass is 371 g/mol. The number of likely N-dealkylation sites (tertiary alicyclic amines) is 1. The van der Waals surface area contributed by atoms with E-state index in [1.807, 2.05) is 18.8 Å². The lowest BCUT2D eigenvalue weighted by atomic mass is 10.00. The van der Waals surface area contributed by atoms with Crippen molar-refractivity contribution < 1.29 is 0 Å². The number of aliphatic imine (C=N–C) groups is 1. The molecule has 3 nitrogen and oxygen atoms in total. The highest BCUT2D eigenvalue weighted by Gasteiger charge is 2.18. The van der Waals surface area contributed by atoms with Crippen LogP contribution in [0.2, 0.25) is 0 Å². The summed E-state index contributed by atoms with van der Waals surface area (Å²) < 4.78 is 0. The maximum Gasteiger partial charge on any atom is 0.193 e. The van der Waals surface area contributed by atoms with Crippen LogP contribution in [-0.2, 0) is 0 Å². The fourth-order valence-electron chi connectivity index (χ4n) is 1.87. The van der Waals surface area contributed by atoms with Crippen LogP contribution in [0.25, 0.3) is 0 Å². The molecule has 0 radical (unpaired) electrons. The number of nitrogens with one attached hydrogen (secondary N) is 1. The lowest BCUT2D eigenvalue weighted by Crippen LogP contribution is -2.46. The number of rotatable bonds is 3. The predicted octanol–water partition coefficient (Wildman–Crippen LogP) is 2.66. The highest BCUT2D eigenvalue weighted by Crippen LogP contribution is 2.15. The number of hydrogen-bond donors (Lipinski definition) is 1. The summed E-state index contributed by atoms with van der Waals surface area (Å²) in [6.07, 6.45) is 4.73. The van der Waals surface area contributed by atoms with Crippen molar-refractivity contribution in [1.29, 1.82) is 0 Å². The van der Waals surface area contributed by atoms with E-state index in [0.29, 0.717) is 5.25 Å². The number of hydrogen-bond acceptors (Lipinski definition) is 2. The van der Waals surface area contributed by atoms with Crippen molar-refractivity contribution in [2.45, 2.75) is 31.9 Å². The summed E-state index contributed by atoms with van der Waals surface area (Å²) in [5.41, 5.74) is 0. The molecule has 0 aromatic rings. The first-order valence-corrected chi connectivity index (χ1v) is 7.44. The van der Waals surface area contributed by atoms with Crippen molar-refractivity contribution >= 4 is 41.7 Å². The van der Waals surface area contributed by atoms with Crippen LogP contribution in [0.4, 0.5) is 0 Å². The van der Waals surface area contributed by atoms with E-state index in [1.165, 1.54) is 12.8 Å². The number of thioether (sulfide) groups is 1. The zero-order valence-corrected chi connectivity index (χ0v) is 14.5. The van der Waals surface area contributed by atoms with Gasteiger partial charge in [0.25, 0.3) is 0 Å². The first-order valence-electron chi connectivity index (χ1n) is 6.15. The van der Waals surface area contributed by atoms with Crippen molar-refractivity contribution in [2.75, 3.05) is 32.9 Å². The lowest BCUT2D eigenvalue weighted by molar-refractivity contribution is 0.273. The number of halogens is 1. The molecule has 1 aliphatic rings. The van der Waals surface area contributed by atoms with E-state index in [1.54, 1.807) is 0 Å². The lowest BCUT2D eigenvalue weighted by Gasteiger charge is -2.33. The van der Waals surface area contributed by atoms with Crippen molar-refractivity contribution in [2.24, 2.45) is 10.9 Å². The van der Waals surface area contributed by atoms with E-state index in [-0.39, 0.29) is 24.0 Å². The third-order valence-electron chi connectivity index (χ3n) is 3.24. The molecule has 1 unspecified atom stereocenters. The minimum absolute atomic E-state index is 0. The van der Waals surface area contributed by atoms with Crippen LogP contribution in [-0.4, -0.2) is 49.0 Å². The highest BCUT2D eigenvalue weighted by atomic mass is 127. The topological polar surface area (TPSA) is 27.6 Å². The molecular formula is C12H26IN3S. The Bertz CT molecular complexity index is 228. The summed E-state index contributed by atoms with van der Waals surface area (Å²) in [6.45, 7) is 7.87. The van der Waals surface area contributed by atoms with Gasteiger partial charge in [0.05, 0.1) is 0 Å². The minimum Gasteiger partial charge on any atom is -0.355 e. The van der Waals surface area contributed by atoms with E-state index in [9.17, 15) is 0 Å². The Balaban J connectivity index is 0.00000256. The van der Waals surface area contributed by atoms with Gasteiger partial charge in [-0.1, -0.05) is 13.8 Å². The van der Waals surface area contributed by atoms with Gasteiger partial charge in [-0.05, 0) is 25.0 Å². The molecule has 0 spiro atoms. The van der Waals surface area contributed by atoms with E-state index < -0.39 is 0 Å². The molecule has 0 saturated carbocycles. The fourth-order valence-corrected chi connectivity index (χ4v) is 2.12. The second kappa shape index (κ2) is 9.30. The quantitative estimate of drug-likeness (QED) is 0.470. The van der Waals surface area contributed by atoms with Crippen LogP contribution >= 0.6 is 35.7 Å². The third-order valence-corrected chi connectivity index (χ3v) is 4.22. The van der Waals surface area contributed by atoms with Crippen molar-refractivity contribution in [3.8, 4) is 0 Å². The normalized spacial score (nSPS) is 19.8. The highest BCUT2D eigenvalue weighted by molar-refractivity contribution is 14.0. The van der Waals surface area contributed by atoms with Gasteiger partial charge < -0.3 is 10.2 Å². The Kier molecular flexibility index (Phi) is 9.49. The van der Waals surface area contributed by atoms with Crippen LogP contribution in [0.15, 0.2) is 4.99 Å². The van der Waals surface area contributed by atoms with Gasteiger partial charge in [-0.3, -0.25) is 4.99 Å². The molecule has 0 aromatic carbocycles. The summed E-state index contributed by atoms with van der Waals surface area (Å²) >= 11 is 1.89. The molecule has 17 heavy (non-hydrogen) atoms. The Morgan fingerprint density at radius 3 is 2.53 bits per heavy atom. The van der Waals surface area contributed by atoms with Gasteiger partial charge in [-0.15, -0.1) is 24.0 Å². The summed E-state index contributed by atoms with van der Waals surface area (Å²) in [4.78, 5) is 6.75. The molecule has 0 aromatic heterocycles. The van der Waals surface area contributed by atoms with Gasteiger partial charge in [0.1, 0.15) is 0 Å². The van der Waals surface area contributed by atoms with Crippen molar-refractivity contribution in [3.63, 3.8) is 0 Å². The van der Waals surface area contributed by atoms with Crippen molar-refractivity contribution in [3.05, 3.63) is 0 Å². The Labute approximate surface area is 127 Å². The maximum absolute atomic E-state index is 4.37. The predicted molar refractivity (Wildman–Crippen MR) is 89.7 cm³/mol. The molecular weight excluding hydrogens is 345 g/mol. The van der Waals surface area contributed by atoms with Gasteiger partial charge in [0.15, 0.2) is 5.96 Å². The molecule has 1 fully saturated rings. The molecule has 1 atom stereocenters.